The quantitative estimate of drug-likeness (QED) is 0.600. The van der Waals surface area contributed by atoms with Gasteiger partial charge in [-0.15, -0.1) is 0 Å². The van der Waals surface area contributed by atoms with Crippen molar-refractivity contribution >= 4 is 5.91 Å². The normalized spacial score (nSPS) is 30.3. The lowest BCUT2D eigenvalue weighted by molar-refractivity contribution is -0.119. The monoisotopic (exact) mass is 138 g/mol. The third-order valence-electron chi connectivity index (χ3n) is 1.91. The molecule has 0 aromatic heterocycles. The molecule has 1 amide bonds. The molecule has 0 bridgehead atoms. The summed E-state index contributed by atoms with van der Waals surface area (Å²) in [4.78, 5) is 10.3. The molecule has 10 heavy (non-hydrogen) atoms. The van der Waals surface area contributed by atoms with Crippen molar-refractivity contribution < 1.29 is 4.79 Å². The van der Waals surface area contributed by atoms with Crippen molar-refractivity contribution in [3.63, 3.8) is 0 Å². The predicted molar refractivity (Wildman–Crippen MR) is 35.6 cm³/mol. The molecule has 3 nitrogen and oxygen atoms in total. The van der Waals surface area contributed by atoms with E-state index in [-0.39, 0.29) is 11.8 Å². The van der Waals surface area contributed by atoms with Crippen molar-refractivity contribution in [3.05, 3.63) is 0 Å². The number of hydrogen-bond acceptors (Lipinski definition) is 2. The molecule has 1 fully saturated rings. The SMILES string of the molecule is N#C[C@H]1C[C@@H](CC(N)=O)C1. The average molecular weight is 138 g/mol. The van der Waals surface area contributed by atoms with Crippen LogP contribution in [0.5, 0.6) is 0 Å². The van der Waals surface area contributed by atoms with E-state index in [1.807, 2.05) is 0 Å². The second kappa shape index (κ2) is 2.70. The van der Waals surface area contributed by atoms with E-state index in [4.69, 9.17) is 11.0 Å². The van der Waals surface area contributed by atoms with E-state index >= 15 is 0 Å². The van der Waals surface area contributed by atoms with Crippen LogP contribution in [0.15, 0.2) is 0 Å². The van der Waals surface area contributed by atoms with Crippen molar-refractivity contribution in [2.45, 2.75) is 19.3 Å². The summed E-state index contributed by atoms with van der Waals surface area (Å²) in [5.41, 5.74) is 4.97. The summed E-state index contributed by atoms with van der Waals surface area (Å²) >= 11 is 0. The van der Waals surface area contributed by atoms with E-state index in [0.29, 0.717) is 12.3 Å². The second-order valence-corrected chi connectivity index (χ2v) is 2.83. The fourth-order valence-corrected chi connectivity index (χ4v) is 1.29. The first kappa shape index (κ1) is 7.07. The molecule has 0 heterocycles. The van der Waals surface area contributed by atoms with E-state index in [9.17, 15) is 4.79 Å². The first-order valence-electron chi connectivity index (χ1n) is 3.40. The van der Waals surface area contributed by atoms with Gasteiger partial charge in [0.15, 0.2) is 0 Å². The number of carbonyl (C=O) groups is 1. The van der Waals surface area contributed by atoms with Crippen LogP contribution in [0.25, 0.3) is 0 Å². The Morgan fingerprint density at radius 1 is 1.70 bits per heavy atom. The Kier molecular flexibility index (Phi) is 1.91. The van der Waals surface area contributed by atoms with Crippen molar-refractivity contribution in [2.75, 3.05) is 0 Å². The van der Waals surface area contributed by atoms with Gasteiger partial charge in [0.05, 0.1) is 6.07 Å². The van der Waals surface area contributed by atoms with Crippen LogP contribution in [-0.4, -0.2) is 5.91 Å². The highest BCUT2D eigenvalue weighted by atomic mass is 16.1. The smallest absolute Gasteiger partial charge is 0.217 e. The number of nitrogens with zero attached hydrogens (tertiary/aromatic N) is 1. The van der Waals surface area contributed by atoms with E-state index in [1.54, 1.807) is 0 Å². The Bertz CT molecular complexity index is 177. The number of amides is 1. The van der Waals surface area contributed by atoms with E-state index in [0.717, 1.165) is 12.8 Å². The van der Waals surface area contributed by atoms with Crippen molar-refractivity contribution in [1.29, 1.82) is 5.26 Å². The Morgan fingerprint density at radius 3 is 2.70 bits per heavy atom. The van der Waals surface area contributed by atoms with Gasteiger partial charge in [-0.3, -0.25) is 4.79 Å². The summed E-state index contributed by atoms with van der Waals surface area (Å²) in [5.74, 6) is 0.327. The molecular formula is C7H10N2O. The number of rotatable bonds is 2. The molecule has 3 heteroatoms. The highest BCUT2D eigenvalue weighted by molar-refractivity contribution is 5.74. The standard InChI is InChI=1S/C7H10N2O/c8-4-6-1-5(2-6)3-7(9)10/h5-6H,1-3H2,(H2,9,10)/t5-,6+. The highest BCUT2D eigenvalue weighted by Gasteiger charge is 2.29. The summed E-state index contributed by atoms with van der Waals surface area (Å²) in [6, 6.07) is 2.15. The zero-order chi connectivity index (χ0) is 7.56. The molecule has 0 unspecified atom stereocenters. The minimum atomic E-state index is -0.249. The van der Waals surface area contributed by atoms with Crippen LogP contribution in [0.2, 0.25) is 0 Å². The van der Waals surface area contributed by atoms with Crippen LogP contribution in [-0.2, 0) is 4.79 Å². The summed E-state index contributed by atoms with van der Waals surface area (Å²) in [6.07, 6.45) is 2.18. The maximum atomic E-state index is 10.3. The molecule has 1 saturated carbocycles. The van der Waals surface area contributed by atoms with E-state index in [1.165, 1.54) is 0 Å². The largest absolute Gasteiger partial charge is 0.370 e. The molecule has 0 aliphatic heterocycles. The van der Waals surface area contributed by atoms with Crippen LogP contribution in [0.1, 0.15) is 19.3 Å². The third-order valence-corrected chi connectivity index (χ3v) is 1.91. The zero-order valence-electron chi connectivity index (χ0n) is 5.71. The fraction of sp³-hybridized carbons (Fsp3) is 0.714. The van der Waals surface area contributed by atoms with Gasteiger partial charge in [0.2, 0.25) is 5.91 Å². The Labute approximate surface area is 59.8 Å². The minimum absolute atomic E-state index is 0.185. The summed E-state index contributed by atoms with van der Waals surface area (Å²) < 4.78 is 0. The number of nitrogens with two attached hydrogens (primary N) is 1. The zero-order valence-corrected chi connectivity index (χ0v) is 5.71. The molecule has 0 aromatic carbocycles. The summed E-state index contributed by atoms with van der Waals surface area (Å²) in [5, 5.41) is 8.37. The van der Waals surface area contributed by atoms with Crippen molar-refractivity contribution in [1.82, 2.24) is 0 Å². The Balaban J connectivity index is 2.16. The van der Waals surface area contributed by atoms with Crippen LogP contribution in [0.3, 0.4) is 0 Å². The van der Waals surface area contributed by atoms with Gasteiger partial charge in [-0.25, -0.2) is 0 Å². The van der Waals surface area contributed by atoms with Gasteiger partial charge in [-0.05, 0) is 18.8 Å². The molecule has 0 spiro atoms. The lowest BCUT2D eigenvalue weighted by Crippen LogP contribution is -2.27. The van der Waals surface area contributed by atoms with Crippen LogP contribution >= 0.6 is 0 Å². The van der Waals surface area contributed by atoms with Crippen molar-refractivity contribution in [3.8, 4) is 6.07 Å². The molecule has 0 saturated heterocycles. The summed E-state index contributed by atoms with van der Waals surface area (Å²) in [6.45, 7) is 0. The molecular weight excluding hydrogens is 128 g/mol. The van der Waals surface area contributed by atoms with Gasteiger partial charge in [0.25, 0.3) is 0 Å². The Hall–Kier alpha value is -1.04. The van der Waals surface area contributed by atoms with Gasteiger partial charge in [-0.2, -0.15) is 5.26 Å². The van der Waals surface area contributed by atoms with Crippen LogP contribution < -0.4 is 5.73 Å². The molecule has 1 rings (SSSR count). The molecule has 1 aliphatic carbocycles. The average Bonchev–Trinajstić information content (AvgIpc) is 1.76. The first-order valence-corrected chi connectivity index (χ1v) is 3.40. The molecule has 1 aliphatic rings. The number of carbonyl (C=O) groups excluding carboxylic acids is 1. The van der Waals surface area contributed by atoms with E-state index in [2.05, 4.69) is 6.07 Å². The second-order valence-electron chi connectivity index (χ2n) is 2.83. The lowest BCUT2D eigenvalue weighted by atomic mass is 9.74. The lowest BCUT2D eigenvalue weighted by Gasteiger charge is -2.29. The van der Waals surface area contributed by atoms with Gasteiger partial charge in [0.1, 0.15) is 0 Å². The maximum Gasteiger partial charge on any atom is 0.217 e. The minimum Gasteiger partial charge on any atom is -0.370 e. The molecule has 0 radical (unpaired) electrons. The van der Waals surface area contributed by atoms with Gasteiger partial charge in [0, 0.05) is 12.3 Å². The van der Waals surface area contributed by atoms with Crippen molar-refractivity contribution in [2.24, 2.45) is 17.6 Å². The topological polar surface area (TPSA) is 66.9 Å². The third kappa shape index (κ3) is 1.47. The van der Waals surface area contributed by atoms with Crippen LogP contribution in [0, 0.1) is 23.2 Å². The highest BCUT2D eigenvalue weighted by Crippen LogP contribution is 2.34. The molecule has 0 atom stereocenters. The molecule has 2 N–H and O–H groups in total. The van der Waals surface area contributed by atoms with Crippen LogP contribution in [0.4, 0.5) is 0 Å². The fourth-order valence-electron chi connectivity index (χ4n) is 1.29. The molecule has 0 aromatic rings. The van der Waals surface area contributed by atoms with Gasteiger partial charge < -0.3 is 5.73 Å². The number of hydrogen-bond donors (Lipinski definition) is 1. The van der Waals surface area contributed by atoms with E-state index < -0.39 is 0 Å². The van der Waals surface area contributed by atoms with Gasteiger partial charge in [-0.1, -0.05) is 0 Å². The van der Waals surface area contributed by atoms with Gasteiger partial charge >= 0.3 is 0 Å². The number of primary amides is 1. The Morgan fingerprint density at radius 2 is 2.30 bits per heavy atom. The molecule has 54 valence electrons. The first-order chi connectivity index (χ1) is 4.72. The summed E-state index contributed by atoms with van der Waals surface area (Å²) in [7, 11) is 0. The predicted octanol–water partition coefficient (Wildman–Crippen LogP) is 0.412. The maximum absolute atomic E-state index is 10.3. The number of nitriles is 1.